The smallest absolute Gasteiger partial charge is 0.207 e. The normalized spacial score (nSPS) is 11.7. The van der Waals surface area contributed by atoms with Crippen LogP contribution >= 0.6 is 0 Å². The molecule has 1 N–H and O–H groups in total. The van der Waals surface area contributed by atoms with E-state index in [1.54, 1.807) is 12.1 Å². The lowest BCUT2D eigenvalue weighted by Gasteiger charge is -2.08. The summed E-state index contributed by atoms with van der Waals surface area (Å²) >= 11 is 0. The monoisotopic (exact) mass is 357 g/mol. The van der Waals surface area contributed by atoms with Gasteiger partial charge in [-0.05, 0) is 48.2 Å². The highest BCUT2D eigenvalue weighted by Crippen LogP contribution is 2.16. The largest absolute Gasteiger partial charge is 0.240 e. The predicted molar refractivity (Wildman–Crippen MR) is 85.4 cm³/mol. The van der Waals surface area contributed by atoms with Crippen LogP contribution in [0.1, 0.15) is 30.9 Å². The lowest BCUT2D eigenvalue weighted by atomic mass is 10.1. The molecule has 0 heterocycles. The molecular weight excluding hydrogens is 339 g/mol. The first kappa shape index (κ1) is 18.5. The zero-order valence-corrected chi connectivity index (χ0v) is 14.0. The van der Waals surface area contributed by atoms with Crippen molar-refractivity contribution in [2.24, 2.45) is 0 Å². The van der Waals surface area contributed by atoms with Gasteiger partial charge in [0.2, 0.25) is 10.0 Å². The van der Waals surface area contributed by atoms with E-state index < -0.39 is 27.5 Å². The Balaban J connectivity index is 2.08. The van der Waals surface area contributed by atoms with Crippen molar-refractivity contribution in [3.8, 4) is 0 Å². The Morgan fingerprint density at radius 3 is 2.08 bits per heavy atom. The molecule has 2 aromatic rings. The molecule has 0 atom stereocenters. The summed E-state index contributed by atoms with van der Waals surface area (Å²) in [5, 5.41) is 0. The number of aryl methyl sites for hydroxylation is 1. The Bertz CT molecular complexity index is 782. The minimum absolute atomic E-state index is 0.00505. The predicted octanol–water partition coefficient (Wildman–Crippen LogP) is 3.93. The molecule has 0 saturated heterocycles. The van der Waals surface area contributed by atoms with Crippen molar-refractivity contribution in [1.29, 1.82) is 0 Å². The van der Waals surface area contributed by atoms with Crippen molar-refractivity contribution >= 4 is 10.0 Å². The molecule has 0 fully saturated rings. The summed E-state index contributed by atoms with van der Waals surface area (Å²) in [5.74, 6) is -4.29. The van der Waals surface area contributed by atoms with Crippen LogP contribution < -0.4 is 4.72 Å². The molecule has 7 heteroatoms. The summed E-state index contributed by atoms with van der Waals surface area (Å²) < 4.78 is 65.8. The highest BCUT2D eigenvalue weighted by molar-refractivity contribution is 7.89. The fourth-order valence-electron chi connectivity index (χ4n) is 2.19. The number of hydrogen-bond acceptors (Lipinski definition) is 2. The Morgan fingerprint density at radius 2 is 1.54 bits per heavy atom. The van der Waals surface area contributed by atoms with Crippen molar-refractivity contribution in [3.05, 3.63) is 65.0 Å². The molecule has 0 bridgehead atoms. The van der Waals surface area contributed by atoms with Gasteiger partial charge in [-0.25, -0.2) is 26.3 Å². The van der Waals surface area contributed by atoms with Crippen LogP contribution in [0.5, 0.6) is 0 Å². The van der Waals surface area contributed by atoms with Gasteiger partial charge in [0.25, 0.3) is 0 Å². The number of benzene rings is 2. The summed E-state index contributed by atoms with van der Waals surface area (Å²) in [5.41, 5.74) is 1.04. The number of halogens is 3. The van der Waals surface area contributed by atoms with E-state index in [-0.39, 0.29) is 17.0 Å². The van der Waals surface area contributed by atoms with Crippen molar-refractivity contribution < 1.29 is 21.6 Å². The first-order valence-electron chi connectivity index (χ1n) is 7.55. The summed E-state index contributed by atoms with van der Waals surface area (Å²) in [4.78, 5) is 0.0609. The highest BCUT2D eigenvalue weighted by Gasteiger charge is 2.15. The average molecular weight is 357 g/mol. The maximum atomic E-state index is 13.1. The third-order valence-electron chi connectivity index (χ3n) is 3.56. The Kier molecular flexibility index (Phi) is 6.01. The molecule has 0 aliphatic heterocycles. The minimum Gasteiger partial charge on any atom is -0.207 e. The molecule has 0 spiro atoms. The van der Waals surface area contributed by atoms with E-state index in [1.165, 1.54) is 12.1 Å². The molecule has 0 unspecified atom stereocenters. The molecular formula is C17H18F3NO2S. The molecule has 2 rings (SSSR count). The lowest BCUT2D eigenvalue weighted by molar-refractivity contribution is 0.445. The first-order chi connectivity index (χ1) is 11.3. The van der Waals surface area contributed by atoms with Crippen LogP contribution in [0.3, 0.4) is 0 Å². The zero-order chi connectivity index (χ0) is 17.7. The van der Waals surface area contributed by atoms with E-state index in [9.17, 15) is 21.6 Å². The zero-order valence-electron chi connectivity index (χ0n) is 13.2. The van der Waals surface area contributed by atoms with E-state index in [2.05, 4.69) is 11.6 Å². The second-order valence-corrected chi connectivity index (χ2v) is 7.21. The van der Waals surface area contributed by atoms with E-state index in [1.807, 2.05) is 0 Å². The van der Waals surface area contributed by atoms with Crippen LogP contribution in [0.4, 0.5) is 13.2 Å². The van der Waals surface area contributed by atoms with Gasteiger partial charge in [0, 0.05) is 6.54 Å². The van der Waals surface area contributed by atoms with Gasteiger partial charge in [0.1, 0.15) is 0 Å². The highest BCUT2D eigenvalue weighted by atomic mass is 32.2. The fraction of sp³-hybridized carbons (Fsp3) is 0.294. The second kappa shape index (κ2) is 7.81. The third kappa shape index (κ3) is 4.58. The maximum absolute atomic E-state index is 13.1. The molecule has 0 aliphatic carbocycles. The molecule has 0 amide bonds. The van der Waals surface area contributed by atoms with Crippen LogP contribution in [0, 0.1) is 17.5 Å². The molecule has 0 aromatic heterocycles. The third-order valence-corrected chi connectivity index (χ3v) is 4.98. The SMILES string of the molecule is CCCCc1ccc(S(=O)(=O)NCc2cc(F)c(F)c(F)c2)cc1. The van der Waals surface area contributed by atoms with Crippen molar-refractivity contribution in [3.63, 3.8) is 0 Å². The number of unbranched alkanes of at least 4 members (excludes halogenated alkanes) is 1. The number of sulfonamides is 1. The van der Waals surface area contributed by atoms with E-state index >= 15 is 0 Å². The summed E-state index contributed by atoms with van der Waals surface area (Å²) in [6, 6.07) is 7.96. The maximum Gasteiger partial charge on any atom is 0.240 e. The molecule has 2 aromatic carbocycles. The fourth-order valence-corrected chi connectivity index (χ4v) is 3.21. The molecule has 130 valence electrons. The van der Waals surface area contributed by atoms with Crippen molar-refractivity contribution in [2.45, 2.75) is 37.6 Å². The average Bonchev–Trinajstić information content (AvgIpc) is 2.56. The van der Waals surface area contributed by atoms with E-state index in [0.717, 1.165) is 37.0 Å². The summed E-state index contributed by atoms with van der Waals surface area (Å²) in [6.45, 7) is 1.73. The van der Waals surface area contributed by atoms with E-state index in [0.29, 0.717) is 0 Å². The molecule has 0 saturated carbocycles. The van der Waals surface area contributed by atoms with Gasteiger partial charge in [-0.1, -0.05) is 25.5 Å². The topological polar surface area (TPSA) is 46.2 Å². The van der Waals surface area contributed by atoms with Gasteiger partial charge in [-0.3, -0.25) is 0 Å². The van der Waals surface area contributed by atoms with Crippen LogP contribution in [0.15, 0.2) is 41.3 Å². The minimum atomic E-state index is -3.82. The van der Waals surface area contributed by atoms with Gasteiger partial charge in [-0.15, -0.1) is 0 Å². The van der Waals surface area contributed by atoms with Gasteiger partial charge in [0.15, 0.2) is 17.5 Å². The number of nitrogens with one attached hydrogen (secondary N) is 1. The Hall–Kier alpha value is -1.86. The van der Waals surface area contributed by atoms with Gasteiger partial charge >= 0.3 is 0 Å². The van der Waals surface area contributed by atoms with E-state index in [4.69, 9.17) is 0 Å². The van der Waals surface area contributed by atoms with Gasteiger partial charge in [-0.2, -0.15) is 0 Å². The standard InChI is InChI=1S/C17H18F3NO2S/c1-2-3-4-12-5-7-14(8-6-12)24(22,23)21-11-13-9-15(18)17(20)16(19)10-13/h5-10,21H,2-4,11H2,1H3. The van der Waals surface area contributed by atoms with Crippen LogP contribution in [-0.2, 0) is 23.0 Å². The molecule has 24 heavy (non-hydrogen) atoms. The molecule has 0 radical (unpaired) electrons. The number of hydrogen-bond donors (Lipinski definition) is 1. The van der Waals surface area contributed by atoms with Crippen LogP contribution in [-0.4, -0.2) is 8.42 Å². The van der Waals surface area contributed by atoms with Crippen molar-refractivity contribution in [1.82, 2.24) is 4.72 Å². The van der Waals surface area contributed by atoms with Crippen LogP contribution in [0.2, 0.25) is 0 Å². The Morgan fingerprint density at radius 1 is 0.958 bits per heavy atom. The van der Waals surface area contributed by atoms with Gasteiger partial charge < -0.3 is 0 Å². The first-order valence-corrected chi connectivity index (χ1v) is 9.04. The Labute approximate surface area is 139 Å². The molecule has 3 nitrogen and oxygen atoms in total. The quantitative estimate of drug-likeness (QED) is 0.764. The lowest BCUT2D eigenvalue weighted by Crippen LogP contribution is -2.23. The summed E-state index contributed by atoms with van der Waals surface area (Å²) in [7, 11) is -3.82. The summed E-state index contributed by atoms with van der Waals surface area (Å²) in [6.07, 6.45) is 2.94. The molecule has 0 aliphatic rings. The number of rotatable bonds is 7. The van der Waals surface area contributed by atoms with Crippen molar-refractivity contribution in [2.75, 3.05) is 0 Å². The van der Waals surface area contributed by atoms with Crippen LogP contribution in [0.25, 0.3) is 0 Å². The van der Waals surface area contributed by atoms with Gasteiger partial charge in [0.05, 0.1) is 4.90 Å². The second-order valence-electron chi connectivity index (χ2n) is 5.45.